The van der Waals surface area contributed by atoms with Crippen LogP contribution in [0.4, 0.5) is 5.69 Å². The molecule has 1 heterocycles. The molecule has 266 valence electrons. The second-order valence-electron chi connectivity index (χ2n) is 12.8. The van der Waals surface area contributed by atoms with Crippen LogP contribution in [-0.2, 0) is 9.53 Å². The van der Waals surface area contributed by atoms with Gasteiger partial charge in [-0.3, -0.25) is 4.90 Å². The third-order valence-corrected chi connectivity index (χ3v) is 9.00. The zero-order valence-corrected chi connectivity index (χ0v) is 29.7. The molecule has 2 atom stereocenters. The molecule has 5 aromatic rings. The van der Waals surface area contributed by atoms with Crippen molar-refractivity contribution in [1.29, 1.82) is 0 Å². The van der Waals surface area contributed by atoms with E-state index < -0.39 is 18.4 Å². The van der Waals surface area contributed by atoms with Gasteiger partial charge in [0.05, 0.1) is 12.3 Å². The van der Waals surface area contributed by atoms with E-state index in [1.807, 2.05) is 97.1 Å². The van der Waals surface area contributed by atoms with Crippen LogP contribution in [0.25, 0.3) is 22.3 Å². The van der Waals surface area contributed by atoms with E-state index in [4.69, 9.17) is 14.5 Å². The number of aliphatic hydroxyl groups excluding tert-OH is 1. The Morgan fingerprint density at radius 3 is 1.85 bits per heavy atom. The van der Waals surface area contributed by atoms with Gasteiger partial charge in [-0.1, -0.05) is 148 Å². The highest BCUT2D eigenvalue weighted by Gasteiger charge is 2.30. The number of hydrogen-bond acceptors (Lipinski definition) is 8. The van der Waals surface area contributed by atoms with E-state index >= 15 is 0 Å². The Morgan fingerprint density at radius 1 is 0.712 bits per heavy atom. The lowest BCUT2D eigenvalue weighted by atomic mass is 10.0. The van der Waals surface area contributed by atoms with Gasteiger partial charge in [-0.2, -0.15) is 0 Å². The largest absolute Gasteiger partial charge is 0.506 e. The van der Waals surface area contributed by atoms with E-state index in [9.17, 15) is 15.0 Å². The van der Waals surface area contributed by atoms with Crippen LogP contribution in [0, 0.1) is 0 Å². The van der Waals surface area contributed by atoms with Gasteiger partial charge in [0, 0.05) is 17.2 Å². The number of hydrogen-bond donors (Lipinski definition) is 2. The Kier molecular flexibility index (Phi) is 12.1. The lowest BCUT2D eigenvalue weighted by Crippen LogP contribution is -2.43. The topological polar surface area (TPSA) is 104 Å². The number of carbonyl (C=O) groups is 1. The number of rotatable bonds is 15. The maximum absolute atomic E-state index is 12.6. The van der Waals surface area contributed by atoms with Crippen LogP contribution in [0.3, 0.4) is 0 Å². The van der Waals surface area contributed by atoms with E-state index in [2.05, 4.69) is 24.0 Å². The molecular formula is C44H45N3O5. The van der Waals surface area contributed by atoms with Crippen LogP contribution in [0.2, 0.25) is 0 Å². The molecule has 2 N–H and O–H groups in total. The molecule has 0 fully saturated rings. The molecule has 5 aromatic carbocycles. The van der Waals surface area contributed by atoms with Crippen LogP contribution in [0.15, 0.2) is 137 Å². The molecule has 1 aliphatic rings. The number of aromatic hydroxyl groups is 1. The average Bonchev–Trinajstić information content (AvgIpc) is 3.18. The quantitative estimate of drug-likeness (QED) is 0.0836. The molecule has 2 unspecified atom stereocenters. The number of phenols is 1. The zero-order chi connectivity index (χ0) is 36.3. The van der Waals surface area contributed by atoms with Gasteiger partial charge in [-0.25, -0.2) is 14.8 Å². The number of aliphatic imine (C=N–C) groups is 2. The molecule has 0 spiro atoms. The van der Waals surface area contributed by atoms with Crippen LogP contribution in [0.5, 0.6) is 11.5 Å². The fraction of sp³-hybridized carbons (Fsp3) is 0.250. The summed E-state index contributed by atoms with van der Waals surface area (Å²) in [6, 6.07) is 40.6. The van der Waals surface area contributed by atoms with Crippen molar-refractivity contribution in [3.05, 3.63) is 139 Å². The summed E-state index contributed by atoms with van der Waals surface area (Å²) in [7, 11) is 0. The number of benzene rings is 5. The summed E-state index contributed by atoms with van der Waals surface area (Å²) in [5.41, 5.74) is 5.97. The number of unbranched alkanes of at least 4 members (excludes halogenated alkanes) is 5. The number of carbonyl (C=O) groups excluding carboxylic acids is 1. The Hall–Kier alpha value is -5.73. The molecule has 52 heavy (non-hydrogen) atoms. The Labute approximate surface area is 305 Å². The number of esters is 1. The van der Waals surface area contributed by atoms with E-state index in [0.717, 1.165) is 47.1 Å². The summed E-state index contributed by atoms with van der Waals surface area (Å²) in [4.78, 5) is 23.6. The van der Waals surface area contributed by atoms with E-state index in [1.165, 1.54) is 30.2 Å². The minimum Gasteiger partial charge on any atom is -0.506 e. The van der Waals surface area contributed by atoms with E-state index in [1.54, 1.807) is 19.1 Å². The van der Waals surface area contributed by atoms with Gasteiger partial charge in [0.2, 0.25) is 6.35 Å². The first-order valence-corrected chi connectivity index (χ1v) is 18.0. The molecule has 8 nitrogen and oxygen atoms in total. The van der Waals surface area contributed by atoms with Crippen molar-refractivity contribution < 1.29 is 24.5 Å². The van der Waals surface area contributed by atoms with Crippen LogP contribution >= 0.6 is 0 Å². The molecule has 0 radical (unpaired) electrons. The predicted octanol–water partition coefficient (Wildman–Crippen LogP) is 9.39. The molecule has 0 aliphatic carbocycles. The number of anilines is 1. The third-order valence-electron chi connectivity index (χ3n) is 9.00. The van der Waals surface area contributed by atoms with Gasteiger partial charge in [-0.15, -0.1) is 0 Å². The third kappa shape index (κ3) is 8.94. The SMILES string of the molecule is CCCCCCCCOC(=O)C(C)Oc1ccc(N2C(c3ccc(-c4ccccc4)cc3)=NC(c3ccc(-c4ccccc4)cc3)=NC2O)c(O)c1. The molecular weight excluding hydrogens is 651 g/mol. The second kappa shape index (κ2) is 17.5. The summed E-state index contributed by atoms with van der Waals surface area (Å²) in [5, 5.41) is 22.9. The Morgan fingerprint density at radius 2 is 1.25 bits per heavy atom. The van der Waals surface area contributed by atoms with Gasteiger partial charge in [0.15, 0.2) is 11.9 Å². The maximum atomic E-state index is 12.6. The van der Waals surface area contributed by atoms with Crippen LogP contribution < -0.4 is 9.64 Å². The molecule has 0 saturated heterocycles. The predicted molar refractivity (Wildman–Crippen MR) is 208 cm³/mol. The summed E-state index contributed by atoms with van der Waals surface area (Å²) >= 11 is 0. The van der Waals surface area contributed by atoms with Crippen LogP contribution in [-0.4, -0.2) is 46.9 Å². The Balaban J connectivity index is 1.23. The molecule has 1 aliphatic heterocycles. The Bertz CT molecular complexity index is 1980. The molecule has 8 heteroatoms. The monoisotopic (exact) mass is 695 g/mol. The van der Waals surface area contributed by atoms with E-state index in [0.29, 0.717) is 23.8 Å². The highest BCUT2D eigenvalue weighted by molar-refractivity contribution is 6.19. The van der Waals surface area contributed by atoms with Crippen molar-refractivity contribution in [3.8, 4) is 33.8 Å². The smallest absolute Gasteiger partial charge is 0.347 e. The van der Waals surface area contributed by atoms with E-state index in [-0.39, 0.29) is 17.2 Å². The summed E-state index contributed by atoms with van der Waals surface area (Å²) in [6.45, 7) is 4.15. The molecule has 0 aromatic heterocycles. The average molecular weight is 696 g/mol. The first-order valence-electron chi connectivity index (χ1n) is 18.0. The highest BCUT2D eigenvalue weighted by Crippen LogP contribution is 2.36. The summed E-state index contributed by atoms with van der Waals surface area (Å²) in [5.74, 6) is 0.405. The second-order valence-corrected chi connectivity index (χ2v) is 12.8. The van der Waals surface area contributed by atoms with Gasteiger partial charge >= 0.3 is 5.97 Å². The number of amidine groups is 2. The number of nitrogens with zero attached hydrogens (tertiary/aromatic N) is 3. The fourth-order valence-electron chi connectivity index (χ4n) is 6.13. The molecule has 6 rings (SSSR count). The summed E-state index contributed by atoms with van der Waals surface area (Å²) in [6.07, 6.45) is 4.31. The minimum absolute atomic E-state index is 0.177. The number of aliphatic hydroxyl groups is 1. The highest BCUT2D eigenvalue weighted by atomic mass is 16.6. The number of ether oxygens (including phenoxy) is 2. The lowest BCUT2D eigenvalue weighted by molar-refractivity contribution is -0.151. The lowest BCUT2D eigenvalue weighted by Gasteiger charge is -2.32. The summed E-state index contributed by atoms with van der Waals surface area (Å²) < 4.78 is 11.3. The van der Waals surface area contributed by atoms with Crippen molar-refractivity contribution in [1.82, 2.24) is 0 Å². The van der Waals surface area contributed by atoms with Crippen LogP contribution in [0.1, 0.15) is 63.5 Å². The van der Waals surface area contributed by atoms with Gasteiger partial charge < -0.3 is 19.7 Å². The van der Waals surface area contributed by atoms with Crippen molar-refractivity contribution >= 4 is 23.3 Å². The number of phenolic OH excluding ortho intramolecular Hbond substituents is 1. The maximum Gasteiger partial charge on any atom is 0.347 e. The molecule has 0 amide bonds. The fourth-order valence-corrected chi connectivity index (χ4v) is 6.13. The first kappa shape index (κ1) is 36.1. The standard InChI is InChI=1S/C44H45N3O5/c1-3-4-5-6-7-14-29-51-43(49)31(2)52-38-27-28-39(40(48)30-38)47-42(37-25-21-35(22-26-37)33-17-12-9-13-18-33)45-41(46-44(47)50)36-23-19-34(20-24-36)32-15-10-8-11-16-32/h8-13,15-28,30-31,44,48,50H,3-7,14,29H2,1-2H3. The van der Waals surface area contributed by atoms with Gasteiger partial charge in [0.1, 0.15) is 17.3 Å². The van der Waals surface area contributed by atoms with Gasteiger partial charge in [0.25, 0.3) is 0 Å². The molecule has 0 bridgehead atoms. The normalized spacial score (nSPS) is 14.7. The van der Waals surface area contributed by atoms with Crippen molar-refractivity contribution in [2.75, 3.05) is 11.5 Å². The van der Waals surface area contributed by atoms with Crippen molar-refractivity contribution in [2.45, 2.75) is 64.8 Å². The van der Waals surface area contributed by atoms with Crippen molar-refractivity contribution in [2.24, 2.45) is 9.98 Å². The first-order chi connectivity index (χ1) is 25.4. The van der Waals surface area contributed by atoms with Crippen molar-refractivity contribution in [3.63, 3.8) is 0 Å². The minimum atomic E-state index is -1.40. The molecule has 0 saturated carbocycles. The zero-order valence-electron chi connectivity index (χ0n) is 29.7. The van der Waals surface area contributed by atoms with Gasteiger partial charge in [-0.05, 0) is 47.7 Å².